The minimum atomic E-state index is 0.543. The fourth-order valence-corrected chi connectivity index (χ4v) is 6.45. The molecule has 0 radical (unpaired) electrons. The first kappa shape index (κ1) is 14.5. The van der Waals surface area contributed by atoms with Crippen LogP contribution in [0.15, 0.2) is 0 Å². The molecular weight excluding hydrogens is 260 g/mol. The zero-order chi connectivity index (χ0) is 14.2. The van der Waals surface area contributed by atoms with Crippen LogP contribution in [0, 0.1) is 29.6 Å². The highest BCUT2D eigenvalue weighted by molar-refractivity contribution is 5.01. The molecule has 0 spiro atoms. The highest BCUT2D eigenvalue weighted by Gasteiger charge is 2.50. The molecule has 5 rings (SSSR count). The summed E-state index contributed by atoms with van der Waals surface area (Å²) in [5, 5.41) is 0. The maximum atomic E-state index is 5.97. The van der Waals surface area contributed by atoms with Gasteiger partial charge in [-0.25, -0.2) is 0 Å². The second-order valence-electron chi connectivity index (χ2n) is 8.35. The summed E-state index contributed by atoms with van der Waals surface area (Å²) in [6.45, 7) is 0.985. The summed E-state index contributed by atoms with van der Waals surface area (Å²) in [6.07, 6.45) is 14.4. The number of ether oxygens (including phenoxy) is 1. The summed E-state index contributed by atoms with van der Waals surface area (Å²) >= 11 is 0. The second-order valence-corrected chi connectivity index (χ2v) is 8.35. The molecule has 5 fully saturated rings. The number of nitrogens with two attached hydrogens (primary N) is 1. The third kappa shape index (κ3) is 2.89. The van der Waals surface area contributed by atoms with Gasteiger partial charge in [-0.2, -0.15) is 0 Å². The molecule has 0 amide bonds. The van der Waals surface area contributed by atoms with Crippen molar-refractivity contribution in [1.82, 2.24) is 5.43 Å². The van der Waals surface area contributed by atoms with Gasteiger partial charge in [-0.3, -0.25) is 11.3 Å². The van der Waals surface area contributed by atoms with Crippen LogP contribution in [0.4, 0.5) is 0 Å². The Morgan fingerprint density at radius 3 is 2.33 bits per heavy atom. The molecule has 3 N–H and O–H groups in total. The van der Waals surface area contributed by atoms with E-state index < -0.39 is 0 Å². The first-order valence-electron chi connectivity index (χ1n) is 9.41. The molecule has 0 aromatic rings. The predicted molar refractivity (Wildman–Crippen MR) is 84.5 cm³/mol. The first-order chi connectivity index (χ1) is 10.3. The smallest absolute Gasteiger partial charge is 0.0576 e. The molecule has 5 aliphatic rings. The standard InChI is InChI=1S/C18H32N2O/c19-20-17(5-1-3-16-4-2-6-21-16)18-14-8-12-7-13(10-14)11-15(18)9-12/h12-18,20H,1-11,19H2. The van der Waals surface area contributed by atoms with Gasteiger partial charge in [-0.1, -0.05) is 0 Å². The molecule has 1 aliphatic heterocycles. The minimum absolute atomic E-state index is 0.543. The topological polar surface area (TPSA) is 47.3 Å². The molecule has 3 nitrogen and oxygen atoms in total. The number of nitrogens with one attached hydrogen (secondary N) is 1. The zero-order valence-corrected chi connectivity index (χ0v) is 13.3. The molecule has 120 valence electrons. The average Bonchev–Trinajstić information content (AvgIpc) is 2.97. The Bertz CT molecular complexity index is 325. The van der Waals surface area contributed by atoms with Crippen molar-refractivity contribution >= 4 is 0 Å². The number of hydrogen-bond acceptors (Lipinski definition) is 3. The van der Waals surface area contributed by atoms with Crippen LogP contribution >= 0.6 is 0 Å². The van der Waals surface area contributed by atoms with Gasteiger partial charge in [-0.15, -0.1) is 0 Å². The van der Waals surface area contributed by atoms with Gasteiger partial charge in [0.15, 0.2) is 0 Å². The highest BCUT2D eigenvalue weighted by Crippen LogP contribution is 2.57. The molecule has 0 aromatic carbocycles. The summed E-state index contributed by atoms with van der Waals surface area (Å²) in [5.74, 6) is 10.9. The summed E-state index contributed by atoms with van der Waals surface area (Å²) in [4.78, 5) is 0. The molecule has 4 saturated carbocycles. The largest absolute Gasteiger partial charge is 0.378 e. The van der Waals surface area contributed by atoms with Crippen LogP contribution in [0.1, 0.15) is 64.2 Å². The van der Waals surface area contributed by atoms with Gasteiger partial charge >= 0.3 is 0 Å². The predicted octanol–water partition coefficient (Wildman–Crippen LogP) is 3.24. The fourth-order valence-electron chi connectivity index (χ4n) is 6.45. The van der Waals surface area contributed by atoms with Crippen molar-refractivity contribution in [3.63, 3.8) is 0 Å². The Kier molecular flexibility index (Phi) is 4.25. The summed E-state index contributed by atoms with van der Waals surface area (Å²) in [5.41, 5.74) is 3.21. The van der Waals surface area contributed by atoms with Crippen molar-refractivity contribution in [2.24, 2.45) is 35.4 Å². The van der Waals surface area contributed by atoms with E-state index in [2.05, 4.69) is 5.43 Å². The third-order valence-electron chi connectivity index (χ3n) is 7.04. The quantitative estimate of drug-likeness (QED) is 0.583. The lowest BCUT2D eigenvalue weighted by atomic mass is 9.50. The van der Waals surface area contributed by atoms with Crippen molar-refractivity contribution in [3.8, 4) is 0 Å². The molecule has 0 aromatic heterocycles. The third-order valence-corrected chi connectivity index (χ3v) is 7.04. The lowest BCUT2D eigenvalue weighted by molar-refractivity contribution is -0.0535. The van der Waals surface area contributed by atoms with Crippen molar-refractivity contribution < 1.29 is 4.74 Å². The Balaban J connectivity index is 1.32. The van der Waals surface area contributed by atoms with Crippen LogP contribution in [0.3, 0.4) is 0 Å². The van der Waals surface area contributed by atoms with Crippen LogP contribution in [0.25, 0.3) is 0 Å². The van der Waals surface area contributed by atoms with E-state index in [1.807, 2.05) is 0 Å². The van der Waals surface area contributed by atoms with E-state index in [0.29, 0.717) is 12.1 Å². The lowest BCUT2D eigenvalue weighted by Crippen LogP contribution is -2.54. The van der Waals surface area contributed by atoms with Gasteiger partial charge in [-0.05, 0) is 93.8 Å². The van der Waals surface area contributed by atoms with Crippen molar-refractivity contribution in [2.75, 3.05) is 6.61 Å². The van der Waals surface area contributed by atoms with E-state index in [0.717, 1.165) is 36.2 Å². The van der Waals surface area contributed by atoms with Crippen molar-refractivity contribution in [3.05, 3.63) is 0 Å². The molecule has 21 heavy (non-hydrogen) atoms. The number of rotatable bonds is 6. The van der Waals surface area contributed by atoms with E-state index in [1.54, 1.807) is 6.42 Å². The van der Waals surface area contributed by atoms with Crippen LogP contribution in [-0.2, 0) is 4.74 Å². The maximum absolute atomic E-state index is 5.97. The summed E-state index contributed by atoms with van der Waals surface area (Å²) in [6, 6.07) is 0.557. The second kappa shape index (κ2) is 6.17. The van der Waals surface area contributed by atoms with Crippen molar-refractivity contribution in [1.29, 1.82) is 0 Å². The van der Waals surface area contributed by atoms with E-state index in [9.17, 15) is 0 Å². The normalized spacial score (nSPS) is 46.1. The van der Waals surface area contributed by atoms with Gasteiger partial charge in [0.1, 0.15) is 0 Å². The Labute approximate surface area is 129 Å². The molecule has 2 atom stereocenters. The van der Waals surface area contributed by atoms with Gasteiger partial charge in [0.2, 0.25) is 0 Å². The van der Waals surface area contributed by atoms with Crippen LogP contribution in [0.2, 0.25) is 0 Å². The average molecular weight is 292 g/mol. The van der Waals surface area contributed by atoms with E-state index in [4.69, 9.17) is 10.6 Å². The SMILES string of the molecule is NNC(CCCC1CCCO1)C1C2CC3CC(C2)CC1C3. The molecule has 2 unspecified atom stereocenters. The van der Waals surface area contributed by atoms with Gasteiger partial charge in [0, 0.05) is 12.6 Å². The molecule has 3 heteroatoms. The Morgan fingerprint density at radius 1 is 1.05 bits per heavy atom. The van der Waals surface area contributed by atoms with E-state index >= 15 is 0 Å². The fraction of sp³-hybridized carbons (Fsp3) is 1.00. The number of hydrazine groups is 1. The molecule has 1 saturated heterocycles. The molecule has 4 aliphatic carbocycles. The highest BCUT2D eigenvalue weighted by atomic mass is 16.5. The maximum Gasteiger partial charge on any atom is 0.0576 e. The lowest BCUT2D eigenvalue weighted by Gasteiger charge is -2.56. The summed E-state index contributed by atoms with van der Waals surface area (Å²) < 4.78 is 5.76. The van der Waals surface area contributed by atoms with Crippen molar-refractivity contribution in [2.45, 2.75) is 76.4 Å². The van der Waals surface area contributed by atoms with Crippen LogP contribution in [0.5, 0.6) is 0 Å². The first-order valence-corrected chi connectivity index (χ1v) is 9.41. The Morgan fingerprint density at radius 2 is 1.76 bits per heavy atom. The Hall–Kier alpha value is -0.120. The van der Waals surface area contributed by atoms with Gasteiger partial charge in [0.25, 0.3) is 0 Å². The monoisotopic (exact) mass is 292 g/mol. The zero-order valence-electron chi connectivity index (χ0n) is 13.3. The molecular formula is C18H32N2O. The van der Waals surface area contributed by atoms with Crippen LogP contribution < -0.4 is 11.3 Å². The van der Waals surface area contributed by atoms with Gasteiger partial charge < -0.3 is 4.74 Å². The minimum Gasteiger partial charge on any atom is -0.378 e. The number of hydrogen-bond donors (Lipinski definition) is 2. The molecule has 4 bridgehead atoms. The van der Waals surface area contributed by atoms with E-state index in [-0.39, 0.29) is 0 Å². The van der Waals surface area contributed by atoms with Gasteiger partial charge in [0.05, 0.1) is 6.10 Å². The summed E-state index contributed by atoms with van der Waals surface area (Å²) in [7, 11) is 0. The molecule has 1 heterocycles. The van der Waals surface area contributed by atoms with E-state index in [1.165, 1.54) is 57.8 Å². The van der Waals surface area contributed by atoms with Crippen LogP contribution in [-0.4, -0.2) is 18.8 Å².